The van der Waals surface area contributed by atoms with Crippen LogP contribution >= 0.6 is 11.8 Å². The number of hydrogen-bond donors (Lipinski definition) is 0. The maximum absolute atomic E-state index is 11.1. The molecule has 23 heavy (non-hydrogen) atoms. The van der Waals surface area contributed by atoms with E-state index in [1.54, 1.807) is 30.5 Å². The van der Waals surface area contributed by atoms with E-state index in [1.165, 1.54) is 6.92 Å². The van der Waals surface area contributed by atoms with Gasteiger partial charge in [0.05, 0.1) is 12.4 Å². The molecular weight excluding hydrogens is 312 g/mol. The minimum Gasteiger partial charge on any atom is -0.427 e. The van der Waals surface area contributed by atoms with E-state index in [9.17, 15) is 4.79 Å². The summed E-state index contributed by atoms with van der Waals surface area (Å²) in [4.78, 5) is 24.1. The lowest BCUT2D eigenvalue weighted by atomic mass is 10.1. The summed E-state index contributed by atoms with van der Waals surface area (Å²) in [6.07, 6.45) is 5.28. The first-order chi connectivity index (χ1) is 11.1. The second-order valence-electron chi connectivity index (χ2n) is 5.05. The molecule has 118 valence electrons. The van der Waals surface area contributed by atoms with Gasteiger partial charge in [-0.3, -0.25) is 4.79 Å². The fourth-order valence-corrected chi connectivity index (χ4v) is 2.92. The minimum atomic E-state index is -0.333. The van der Waals surface area contributed by atoms with Gasteiger partial charge in [-0.05, 0) is 30.9 Å². The lowest BCUT2D eigenvalue weighted by Crippen LogP contribution is -2.07. The molecule has 0 saturated heterocycles. The molecule has 2 aromatic heterocycles. The van der Waals surface area contributed by atoms with Crippen molar-refractivity contribution in [3.05, 3.63) is 42.5 Å². The second-order valence-corrected chi connectivity index (χ2v) is 5.84. The molecule has 0 radical (unpaired) electrons. The molecule has 0 spiro atoms. The van der Waals surface area contributed by atoms with Crippen LogP contribution in [0.25, 0.3) is 11.2 Å². The van der Waals surface area contributed by atoms with E-state index >= 15 is 0 Å². The van der Waals surface area contributed by atoms with Crippen molar-refractivity contribution < 1.29 is 9.53 Å². The number of carbonyl (C=O) groups is 1. The zero-order valence-electron chi connectivity index (χ0n) is 13.1. The van der Waals surface area contributed by atoms with Gasteiger partial charge in [-0.15, -0.1) is 11.8 Å². The number of esters is 1. The number of benzene rings is 1. The summed E-state index contributed by atoms with van der Waals surface area (Å²) < 4.78 is 7.14. The van der Waals surface area contributed by atoms with Gasteiger partial charge in [0.15, 0.2) is 5.65 Å². The van der Waals surface area contributed by atoms with Crippen LogP contribution in [0.3, 0.4) is 0 Å². The predicted octanol–water partition coefficient (Wildman–Crippen LogP) is 3.08. The second kappa shape index (κ2) is 6.37. The largest absolute Gasteiger partial charge is 0.427 e. The van der Waals surface area contributed by atoms with Gasteiger partial charge in [-0.1, -0.05) is 12.1 Å². The molecule has 3 aromatic rings. The molecule has 7 heteroatoms. The van der Waals surface area contributed by atoms with E-state index in [2.05, 4.69) is 21.9 Å². The third kappa shape index (κ3) is 3.05. The van der Waals surface area contributed by atoms with Gasteiger partial charge in [-0.2, -0.15) is 0 Å². The molecule has 0 N–H and O–H groups in total. The number of imidazole rings is 1. The highest BCUT2D eigenvalue weighted by Gasteiger charge is 2.15. The van der Waals surface area contributed by atoms with E-state index in [0.29, 0.717) is 5.75 Å². The maximum atomic E-state index is 11.1. The van der Waals surface area contributed by atoms with Gasteiger partial charge < -0.3 is 9.30 Å². The molecule has 0 aliphatic heterocycles. The Morgan fingerprint density at radius 1 is 1.30 bits per heavy atom. The highest BCUT2D eigenvalue weighted by molar-refractivity contribution is 7.98. The van der Waals surface area contributed by atoms with Crippen molar-refractivity contribution >= 4 is 28.9 Å². The van der Waals surface area contributed by atoms with Crippen molar-refractivity contribution in [2.24, 2.45) is 0 Å². The molecule has 0 amide bonds. The first kappa shape index (κ1) is 15.5. The Balaban J connectivity index is 2.00. The Kier molecular flexibility index (Phi) is 4.29. The first-order valence-corrected chi connectivity index (χ1v) is 8.32. The molecular formula is C16H16N4O2S. The van der Waals surface area contributed by atoms with E-state index in [1.807, 2.05) is 29.0 Å². The summed E-state index contributed by atoms with van der Waals surface area (Å²) in [5.41, 5.74) is 2.59. The molecule has 0 aliphatic carbocycles. The van der Waals surface area contributed by atoms with Crippen LogP contribution in [0.15, 0.2) is 41.9 Å². The molecule has 3 rings (SSSR count). The van der Waals surface area contributed by atoms with Gasteiger partial charge in [-0.25, -0.2) is 15.0 Å². The fraction of sp³-hybridized carbons (Fsp3) is 0.250. The van der Waals surface area contributed by atoms with Crippen molar-refractivity contribution in [1.82, 2.24) is 19.5 Å². The molecule has 0 fully saturated rings. The Hall–Kier alpha value is -2.41. The predicted molar refractivity (Wildman–Crippen MR) is 88.7 cm³/mol. The Morgan fingerprint density at radius 2 is 2.13 bits per heavy atom. The van der Waals surface area contributed by atoms with Crippen molar-refractivity contribution in [3.63, 3.8) is 0 Å². The summed E-state index contributed by atoms with van der Waals surface area (Å²) in [5.74, 6) is 0.200. The quantitative estimate of drug-likeness (QED) is 0.317. The van der Waals surface area contributed by atoms with Crippen LogP contribution in [0, 0.1) is 0 Å². The molecule has 1 aromatic carbocycles. The fourth-order valence-electron chi connectivity index (χ4n) is 2.43. The highest BCUT2D eigenvalue weighted by atomic mass is 32.2. The number of aromatic nitrogens is 4. The molecule has 0 saturated carbocycles. The Bertz CT molecular complexity index is 862. The van der Waals surface area contributed by atoms with Gasteiger partial charge >= 0.3 is 5.97 Å². The smallest absolute Gasteiger partial charge is 0.308 e. The van der Waals surface area contributed by atoms with Crippen LogP contribution in [0.4, 0.5) is 0 Å². The SMILES string of the molecule is CSc1ncnc2c1ncn2[C@@H](C)c1cccc(OC(C)=O)c1. The molecule has 1 atom stereocenters. The third-order valence-corrected chi connectivity index (χ3v) is 4.22. The number of ether oxygens (including phenoxy) is 1. The summed E-state index contributed by atoms with van der Waals surface area (Å²) >= 11 is 1.54. The van der Waals surface area contributed by atoms with Gasteiger partial charge in [0.25, 0.3) is 0 Å². The van der Waals surface area contributed by atoms with Crippen molar-refractivity contribution in [3.8, 4) is 5.75 Å². The third-order valence-electron chi connectivity index (χ3n) is 3.54. The van der Waals surface area contributed by atoms with Gasteiger partial charge in [0, 0.05) is 6.92 Å². The number of thioether (sulfide) groups is 1. The molecule has 2 heterocycles. The van der Waals surface area contributed by atoms with Crippen LogP contribution in [0.5, 0.6) is 5.75 Å². The standard InChI is InChI=1S/C16H16N4O2S/c1-10(12-5-4-6-13(7-12)22-11(2)21)20-9-19-14-15(20)17-8-18-16(14)23-3/h4-10H,1-3H3/t10-/m0/s1. The van der Waals surface area contributed by atoms with Crippen LogP contribution in [-0.2, 0) is 4.79 Å². The normalized spacial score (nSPS) is 12.3. The summed E-state index contributed by atoms with van der Waals surface area (Å²) in [6.45, 7) is 3.44. The summed E-state index contributed by atoms with van der Waals surface area (Å²) in [6, 6.07) is 7.47. The number of hydrogen-bond acceptors (Lipinski definition) is 6. The summed E-state index contributed by atoms with van der Waals surface area (Å²) in [7, 11) is 0. The molecule has 0 bridgehead atoms. The van der Waals surface area contributed by atoms with E-state index in [4.69, 9.17) is 4.74 Å². The van der Waals surface area contributed by atoms with Crippen molar-refractivity contribution in [2.75, 3.05) is 6.26 Å². The van der Waals surface area contributed by atoms with Crippen LogP contribution in [0.2, 0.25) is 0 Å². The Morgan fingerprint density at radius 3 is 2.87 bits per heavy atom. The number of fused-ring (bicyclic) bond motifs is 1. The van der Waals surface area contributed by atoms with Gasteiger partial charge in [0.2, 0.25) is 0 Å². The van der Waals surface area contributed by atoms with Crippen molar-refractivity contribution in [2.45, 2.75) is 24.9 Å². The maximum Gasteiger partial charge on any atom is 0.308 e. The zero-order valence-corrected chi connectivity index (χ0v) is 13.9. The van der Waals surface area contributed by atoms with Gasteiger partial charge in [0.1, 0.15) is 22.6 Å². The average Bonchev–Trinajstić information content (AvgIpc) is 2.97. The highest BCUT2D eigenvalue weighted by Crippen LogP contribution is 2.27. The number of nitrogens with zero attached hydrogens (tertiary/aromatic N) is 4. The average molecular weight is 328 g/mol. The monoisotopic (exact) mass is 328 g/mol. The number of carbonyl (C=O) groups excluding carboxylic acids is 1. The van der Waals surface area contributed by atoms with Crippen molar-refractivity contribution in [1.29, 1.82) is 0 Å². The number of rotatable bonds is 4. The van der Waals surface area contributed by atoms with Crippen LogP contribution in [0.1, 0.15) is 25.5 Å². The zero-order chi connectivity index (χ0) is 16.4. The summed E-state index contributed by atoms with van der Waals surface area (Å²) in [5, 5.41) is 0.856. The lowest BCUT2D eigenvalue weighted by Gasteiger charge is -2.15. The van der Waals surface area contributed by atoms with E-state index < -0.39 is 0 Å². The minimum absolute atomic E-state index is 0.000106. The Labute approximate surface area is 137 Å². The first-order valence-electron chi connectivity index (χ1n) is 7.10. The molecule has 0 aliphatic rings. The van der Waals surface area contributed by atoms with Crippen LogP contribution < -0.4 is 4.74 Å². The lowest BCUT2D eigenvalue weighted by molar-refractivity contribution is -0.131. The van der Waals surface area contributed by atoms with E-state index in [-0.39, 0.29) is 12.0 Å². The topological polar surface area (TPSA) is 69.9 Å². The molecule has 6 nitrogen and oxygen atoms in total. The molecule has 0 unspecified atom stereocenters. The van der Waals surface area contributed by atoms with E-state index in [0.717, 1.165) is 21.8 Å². The van der Waals surface area contributed by atoms with Crippen LogP contribution in [-0.4, -0.2) is 31.7 Å².